The number of fused-ring (bicyclic) bond motifs is 1. The monoisotopic (exact) mass is 444 g/mol. The molecule has 1 aromatic rings. The molecule has 0 spiro atoms. The van der Waals surface area contributed by atoms with Gasteiger partial charge in [0, 0.05) is 19.3 Å². The lowest BCUT2D eigenvalue weighted by Gasteiger charge is -2.22. The van der Waals surface area contributed by atoms with Crippen LogP contribution in [0.2, 0.25) is 5.02 Å². The number of aromatic nitrogens is 1. The molecule has 0 unspecified atom stereocenters. The summed E-state index contributed by atoms with van der Waals surface area (Å²) < 4.78 is 37.9. The molecule has 1 aliphatic heterocycles. The van der Waals surface area contributed by atoms with E-state index in [1.807, 2.05) is 12.2 Å². The van der Waals surface area contributed by atoms with E-state index in [0.29, 0.717) is 19.0 Å². The Morgan fingerprint density at radius 3 is 2.37 bits per heavy atom. The number of halogens is 4. The number of imide groups is 1. The van der Waals surface area contributed by atoms with Gasteiger partial charge in [0.05, 0.1) is 22.4 Å². The van der Waals surface area contributed by atoms with Crippen LogP contribution < -0.4 is 10.6 Å². The van der Waals surface area contributed by atoms with E-state index >= 15 is 0 Å². The van der Waals surface area contributed by atoms with Crippen molar-refractivity contribution in [3.63, 3.8) is 0 Å². The minimum absolute atomic E-state index is 0.0495. The minimum atomic E-state index is -4.54. The number of anilines is 1. The number of nitrogens with one attached hydrogen (secondary N) is 2. The highest BCUT2D eigenvalue weighted by molar-refractivity contribution is 6.33. The summed E-state index contributed by atoms with van der Waals surface area (Å²) >= 11 is 5.81. The molecule has 0 radical (unpaired) electrons. The number of allylic oxidation sites excluding steroid dienone is 2. The number of likely N-dealkylation sites (tertiary alicyclic amines) is 1. The zero-order valence-electron chi connectivity index (χ0n) is 16.0. The zero-order chi connectivity index (χ0) is 22.1. The number of hydrogen-bond donors (Lipinski definition) is 2. The predicted molar refractivity (Wildman–Crippen MR) is 102 cm³/mol. The Kier molecular flexibility index (Phi) is 6.35. The molecule has 0 aromatic carbocycles. The van der Waals surface area contributed by atoms with Gasteiger partial charge in [-0.1, -0.05) is 23.8 Å². The number of alkyl halides is 3. The topological polar surface area (TPSA) is 91.4 Å². The van der Waals surface area contributed by atoms with Crippen LogP contribution in [0, 0.1) is 11.8 Å². The quantitative estimate of drug-likeness (QED) is 0.400. The Bertz CT molecular complexity index is 864. The summed E-state index contributed by atoms with van der Waals surface area (Å²) in [4.78, 5) is 42.1. The number of rotatable bonds is 6. The first kappa shape index (κ1) is 22.1. The van der Waals surface area contributed by atoms with E-state index < -0.39 is 35.5 Å². The van der Waals surface area contributed by atoms with Gasteiger partial charge in [-0.15, -0.1) is 0 Å². The van der Waals surface area contributed by atoms with Crippen molar-refractivity contribution in [3.05, 3.63) is 35.0 Å². The Hall–Kier alpha value is -2.62. The molecule has 0 bridgehead atoms. The lowest BCUT2D eigenvalue weighted by molar-refractivity contribution is -0.147. The van der Waals surface area contributed by atoms with Crippen LogP contribution in [0.5, 0.6) is 0 Å². The molecular formula is C19H20ClF3N4O3. The second-order valence-electron chi connectivity index (χ2n) is 7.15. The molecular weight excluding hydrogens is 425 g/mol. The number of pyridine rings is 1. The van der Waals surface area contributed by atoms with Crippen molar-refractivity contribution in [1.82, 2.24) is 15.2 Å². The molecule has 11 heteroatoms. The molecule has 3 atom stereocenters. The molecule has 3 rings (SSSR count). The number of carbonyl (C=O) groups excluding carboxylic acids is 3. The van der Waals surface area contributed by atoms with Crippen LogP contribution >= 0.6 is 11.6 Å². The minimum Gasteiger partial charge on any atom is -0.367 e. The second-order valence-corrected chi connectivity index (χ2v) is 7.56. The van der Waals surface area contributed by atoms with Crippen molar-refractivity contribution < 1.29 is 27.6 Å². The summed E-state index contributed by atoms with van der Waals surface area (Å²) in [6.45, 7) is 1.71. The Morgan fingerprint density at radius 1 is 1.23 bits per heavy atom. The van der Waals surface area contributed by atoms with Crippen LogP contribution in [-0.2, 0) is 20.6 Å². The van der Waals surface area contributed by atoms with Crippen LogP contribution in [0.4, 0.5) is 19.0 Å². The average molecular weight is 445 g/mol. The lowest BCUT2D eigenvalue weighted by atomic mass is 9.85. The van der Waals surface area contributed by atoms with Gasteiger partial charge in [-0.25, -0.2) is 4.98 Å². The Morgan fingerprint density at radius 2 is 1.83 bits per heavy atom. The van der Waals surface area contributed by atoms with Crippen molar-refractivity contribution in [2.24, 2.45) is 11.8 Å². The first-order valence-corrected chi connectivity index (χ1v) is 9.75. The number of amides is 3. The third-order valence-electron chi connectivity index (χ3n) is 5.19. The highest BCUT2D eigenvalue weighted by atomic mass is 35.5. The molecule has 1 saturated heterocycles. The number of carbonyl (C=O) groups is 3. The fourth-order valence-electron chi connectivity index (χ4n) is 3.56. The van der Waals surface area contributed by atoms with Crippen molar-refractivity contribution in [1.29, 1.82) is 0 Å². The molecule has 30 heavy (non-hydrogen) atoms. The van der Waals surface area contributed by atoms with Crippen LogP contribution in [0.3, 0.4) is 0 Å². The normalized spacial score (nSPS) is 22.1. The molecule has 2 heterocycles. The first-order valence-electron chi connectivity index (χ1n) is 9.37. The van der Waals surface area contributed by atoms with E-state index in [0.717, 1.165) is 11.0 Å². The largest absolute Gasteiger partial charge is 0.417 e. The standard InChI is InChI=1S/C19H20ClF3N4O3/c1-10(27-17(29)12-4-2-3-5-13(12)18(27)30)16(28)25-7-6-24-15-14(20)8-11(9-26-15)19(21,22)23/h2-3,8-10,12-13H,4-7H2,1H3,(H,24,26)(H,25,28)/t10-,12-,13+/m1/s1. The molecule has 1 aromatic heterocycles. The van der Waals surface area contributed by atoms with Gasteiger partial charge >= 0.3 is 6.18 Å². The van der Waals surface area contributed by atoms with E-state index in [1.165, 1.54) is 6.92 Å². The summed E-state index contributed by atoms with van der Waals surface area (Å²) in [5.41, 5.74) is -0.962. The van der Waals surface area contributed by atoms with E-state index in [4.69, 9.17) is 11.6 Å². The van der Waals surface area contributed by atoms with Crippen LogP contribution in [0.15, 0.2) is 24.4 Å². The van der Waals surface area contributed by atoms with E-state index in [1.54, 1.807) is 0 Å². The molecule has 1 aliphatic carbocycles. The summed E-state index contributed by atoms with van der Waals surface area (Å²) in [5, 5.41) is 5.13. The van der Waals surface area contributed by atoms with Crippen LogP contribution in [0.25, 0.3) is 0 Å². The van der Waals surface area contributed by atoms with Gasteiger partial charge in [0.2, 0.25) is 17.7 Å². The maximum atomic E-state index is 12.6. The predicted octanol–water partition coefficient (Wildman–Crippen LogP) is 2.62. The maximum Gasteiger partial charge on any atom is 0.417 e. The van der Waals surface area contributed by atoms with E-state index in [9.17, 15) is 27.6 Å². The fourth-order valence-corrected chi connectivity index (χ4v) is 3.80. The Labute approximate surface area is 175 Å². The van der Waals surface area contributed by atoms with Gasteiger partial charge < -0.3 is 10.6 Å². The highest BCUT2D eigenvalue weighted by Crippen LogP contribution is 2.36. The Balaban J connectivity index is 1.50. The molecule has 2 N–H and O–H groups in total. The smallest absolute Gasteiger partial charge is 0.367 e. The third kappa shape index (κ3) is 4.43. The second kappa shape index (κ2) is 8.63. The first-order chi connectivity index (χ1) is 14.1. The van der Waals surface area contributed by atoms with Crippen LogP contribution in [0.1, 0.15) is 25.3 Å². The molecule has 1 fully saturated rings. The van der Waals surface area contributed by atoms with Gasteiger partial charge in [0.1, 0.15) is 11.9 Å². The molecule has 3 amide bonds. The maximum absolute atomic E-state index is 12.6. The number of nitrogens with zero attached hydrogens (tertiary/aromatic N) is 2. The van der Waals surface area contributed by atoms with Gasteiger partial charge in [-0.05, 0) is 25.8 Å². The van der Waals surface area contributed by atoms with Crippen LogP contribution in [-0.4, -0.2) is 46.7 Å². The average Bonchev–Trinajstić information content (AvgIpc) is 2.95. The fraction of sp³-hybridized carbons (Fsp3) is 0.474. The molecule has 2 aliphatic rings. The van der Waals surface area contributed by atoms with Crippen molar-refractivity contribution in [2.45, 2.75) is 32.0 Å². The SMILES string of the molecule is C[C@H](C(=O)NCCNc1ncc(C(F)(F)F)cc1Cl)N1C(=O)[C@H]2CC=CC[C@H]2C1=O. The molecule has 0 saturated carbocycles. The summed E-state index contributed by atoms with van der Waals surface area (Å²) in [7, 11) is 0. The third-order valence-corrected chi connectivity index (χ3v) is 5.48. The van der Waals surface area contributed by atoms with Gasteiger partial charge in [-0.2, -0.15) is 13.2 Å². The number of hydrogen-bond acceptors (Lipinski definition) is 5. The summed E-state index contributed by atoms with van der Waals surface area (Å²) in [6, 6.07) is -0.195. The van der Waals surface area contributed by atoms with Gasteiger partial charge in [0.25, 0.3) is 0 Å². The van der Waals surface area contributed by atoms with Gasteiger partial charge in [-0.3, -0.25) is 19.3 Å². The van der Waals surface area contributed by atoms with Crippen molar-refractivity contribution >= 4 is 35.1 Å². The molecule has 7 nitrogen and oxygen atoms in total. The summed E-state index contributed by atoms with van der Waals surface area (Å²) in [5.74, 6) is -1.95. The van der Waals surface area contributed by atoms with E-state index in [-0.39, 0.29) is 35.7 Å². The van der Waals surface area contributed by atoms with Crippen molar-refractivity contribution in [2.75, 3.05) is 18.4 Å². The summed E-state index contributed by atoms with van der Waals surface area (Å²) in [6.07, 6.45) is 0.833. The van der Waals surface area contributed by atoms with Crippen molar-refractivity contribution in [3.8, 4) is 0 Å². The zero-order valence-corrected chi connectivity index (χ0v) is 16.8. The van der Waals surface area contributed by atoms with E-state index in [2.05, 4.69) is 15.6 Å². The molecule has 162 valence electrons. The van der Waals surface area contributed by atoms with Gasteiger partial charge in [0.15, 0.2) is 0 Å². The lowest BCUT2D eigenvalue weighted by Crippen LogP contribution is -2.49. The highest BCUT2D eigenvalue weighted by Gasteiger charge is 2.50.